The molecule has 0 unspecified atom stereocenters. The molecule has 0 atom stereocenters. The summed E-state index contributed by atoms with van der Waals surface area (Å²) in [5.74, 6) is -2.24. The SMILES string of the molecule is O=C1C=CC(=O)N1CCOC1=CC(=O)N(CCO)C1=O. The molecule has 4 amide bonds. The van der Waals surface area contributed by atoms with E-state index in [2.05, 4.69) is 0 Å². The van der Waals surface area contributed by atoms with Crippen molar-refractivity contribution in [1.29, 1.82) is 0 Å². The molecule has 0 aromatic carbocycles. The molecule has 0 fully saturated rings. The monoisotopic (exact) mass is 280 g/mol. The Kier molecular flexibility index (Phi) is 3.94. The number of hydrogen-bond donors (Lipinski definition) is 1. The van der Waals surface area contributed by atoms with E-state index in [1.807, 2.05) is 0 Å². The van der Waals surface area contributed by atoms with Crippen LogP contribution in [0.1, 0.15) is 0 Å². The summed E-state index contributed by atoms with van der Waals surface area (Å²) in [6.45, 7) is -0.532. The van der Waals surface area contributed by atoms with Crippen molar-refractivity contribution in [1.82, 2.24) is 9.80 Å². The topological polar surface area (TPSA) is 104 Å². The molecule has 0 aliphatic carbocycles. The van der Waals surface area contributed by atoms with Crippen LogP contribution in [0.4, 0.5) is 0 Å². The van der Waals surface area contributed by atoms with Gasteiger partial charge in [0.1, 0.15) is 6.61 Å². The van der Waals surface area contributed by atoms with Crippen molar-refractivity contribution in [3.8, 4) is 0 Å². The summed E-state index contributed by atoms with van der Waals surface area (Å²) in [7, 11) is 0. The Morgan fingerprint density at radius 3 is 2.20 bits per heavy atom. The molecule has 0 saturated carbocycles. The second kappa shape index (κ2) is 5.66. The summed E-state index contributed by atoms with van der Waals surface area (Å²) in [6, 6.07) is 0. The summed E-state index contributed by atoms with van der Waals surface area (Å²) in [4.78, 5) is 47.4. The smallest absolute Gasteiger partial charge is 0.296 e. The Labute approximate surface area is 113 Å². The fraction of sp³-hybridized carbons (Fsp3) is 0.333. The van der Waals surface area contributed by atoms with Gasteiger partial charge in [-0.05, 0) is 0 Å². The predicted molar refractivity (Wildman–Crippen MR) is 63.7 cm³/mol. The molecule has 2 aliphatic rings. The van der Waals surface area contributed by atoms with Crippen LogP contribution in [0.3, 0.4) is 0 Å². The van der Waals surface area contributed by atoms with Crippen LogP contribution in [0.15, 0.2) is 24.0 Å². The number of rotatable bonds is 6. The highest BCUT2D eigenvalue weighted by molar-refractivity contribution is 6.15. The second-order valence-electron chi connectivity index (χ2n) is 4.04. The van der Waals surface area contributed by atoms with Crippen LogP contribution in [0, 0.1) is 0 Å². The molecule has 0 bridgehead atoms. The van der Waals surface area contributed by atoms with Gasteiger partial charge in [-0.1, -0.05) is 0 Å². The number of carbonyl (C=O) groups excluding carboxylic acids is 4. The molecular weight excluding hydrogens is 268 g/mol. The minimum atomic E-state index is -0.638. The quantitative estimate of drug-likeness (QED) is 0.574. The van der Waals surface area contributed by atoms with Gasteiger partial charge in [0.2, 0.25) is 0 Å². The van der Waals surface area contributed by atoms with Gasteiger partial charge in [-0.25, -0.2) is 0 Å². The van der Waals surface area contributed by atoms with Gasteiger partial charge in [-0.2, -0.15) is 0 Å². The fourth-order valence-corrected chi connectivity index (χ4v) is 1.80. The van der Waals surface area contributed by atoms with Gasteiger partial charge < -0.3 is 9.84 Å². The number of hydrogen-bond acceptors (Lipinski definition) is 6. The zero-order valence-electron chi connectivity index (χ0n) is 10.4. The normalized spacial score (nSPS) is 18.4. The molecule has 1 N–H and O–H groups in total. The van der Waals surface area contributed by atoms with E-state index >= 15 is 0 Å². The third-order valence-electron chi connectivity index (χ3n) is 2.77. The van der Waals surface area contributed by atoms with Gasteiger partial charge in [0.25, 0.3) is 23.6 Å². The molecule has 0 radical (unpaired) electrons. The number of ether oxygens (including phenoxy) is 1. The first kappa shape index (κ1) is 13.9. The van der Waals surface area contributed by atoms with Crippen LogP contribution in [0.5, 0.6) is 0 Å². The van der Waals surface area contributed by atoms with Crippen molar-refractivity contribution in [3.63, 3.8) is 0 Å². The van der Waals surface area contributed by atoms with Crippen LogP contribution >= 0.6 is 0 Å². The van der Waals surface area contributed by atoms with Crippen LogP contribution in [-0.4, -0.2) is 64.8 Å². The Morgan fingerprint density at radius 2 is 1.60 bits per heavy atom. The number of aliphatic hydroxyl groups excluding tert-OH is 1. The number of imide groups is 2. The summed E-state index contributed by atoms with van der Waals surface area (Å²) >= 11 is 0. The zero-order chi connectivity index (χ0) is 14.7. The summed E-state index contributed by atoms with van der Waals surface area (Å²) in [5, 5.41) is 8.73. The van der Waals surface area contributed by atoms with E-state index in [4.69, 9.17) is 9.84 Å². The lowest BCUT2D eigenvalue weighted by molar-refractivity contribution is -0.139. The molecule has 106 valence electrons. The summed E-state index contributed by atoms with van der Waals surface area (Å²) in [6.07, 6.45) is 3.31. The largest absolute Gasteiger partial charge is 0.486 e. The minimum Gasteiger partial charge on any atom is -0.486 e. The molecule has 8 heteroatoms. The van der Waals surface area contributed by atoms with Gasteiger partial charge in [-0.15, -0.1) is 0 Å². The number of carbonyl (C=O) groups is 4. The van der Waals surface area contributed by atoms with Crippen LogP contribution in [0.25, 0.3) is 0 Å². The molecular formula is C12H12N2O6. The van der Waals surface area contributed by atoms with Crippen molar-refractivity contribution in [2.24, 2.45) is 0 Å². The molecule has 0 spiro atoms. The van der Waals surface area contributed by atoms with E-state index in [0.717, 1.165) is 28.0 Å². The van der Waals surface area contributed by atoms with Gasteiger partial charge in [0, 0.05) is 12.2 Å². The first-order chi connectivity index (χ1) is 9.54. The van der Waals surface area contributed by atoms with E-state index < -0.39 is 23.6 Å². The van der Waals surface area contributed by atoms with Crippen molar-refractivity contribution in [3.05, 3.63) is 24.0 Å². The third-order valence-corrected chi connectivity index (χ3v) is 2.77. The Balaban J connectivity index is 1.85. The molecule has 20 heavy (non-hydrogen) atoms. The standard InChI is InChI=1S/C12H12N2O6/c15-5-3-14-11(18)7-8(12(14)19)20-6-4-13-9(16)1-2-10(13)17/h1-2,7,15H,3-6H2. The van der Waals surface area contributed by atoms with E-state index in [9.17, 15) is 19.2 Å². The van der Waals surface area contributed by atoms with Crippen molar-refractivity contribution >= 4 is 23.6 Å². The summed E-state index contributed by atoms with van der Waals surface area (Å²) in [5.41, 5.74) is 0. The second-order valence-corrected chi connectivity index (χ2v) is 4.04. The van der Waals surface area contributed by atoms with Crippen LogP contribution in [-0.2, 0) is 23.9 Å². The molecule has 0 aromatic heterocycles. The maximum atomic E-state index is 11.7. The number of β-amino-alcohol motifs (C(OH)–C–C–N with tert-alkyl or cyclic N) is 1. The molecule has 0 aromatic rings. The molecule has 2 heterocycles. The maximum Gasteiger partial charge on any atom is 0.296 e. The fourth-order valence-electron chi connectivity index (χ4n) is 1.80. The first-order valence-corrected chi connectivity index (χ1v) is 5.89. The van der Waals surface area contributed by atoms with Crippen molar-refractivity contribution in [2.75, 3.05) is 26.3 Å². The van der Waals surface area contributed by atoms with Crippen molar-refractivity contribution < 1.29 is 29.0 Å². The van der Waals surface area contributed by atoms with Gasteiger partial charge in [0.05, 0.1) is 25.8 Å². The lowest BCUT2D eigenvalue weighted by atomic mass is 10.4. The lowest BCUT2D eigenvalue weighted by Gasteiger charge is -2.15. The lowest BCUT2D eigenvalue weighted by Crippen LogP contribution is -2.35. The van der Waals surface area contributed by atoms with Crippen molar-refractivity contribution in [2.45, 2.75) is 0 Å². The molecule has 0 saturated heterocycles. The highest BCUT2D eigenvalue weighted by atomic mass is 16.5. The Hall–Kier alpha value is -2.48. The Morgan fingerprint density at radius 1 is 0.950 bits per heavy atom. The maximum absolute atomic E-state index is 11.7. The van der Waals surface area contributed by atoms with E-state index in [-0.39, 0.29) is 32.1 Å². The first-order valence-electron chi connectivity index (χ1n) is 5.89. The van der Waals surface area contributed by atoms with Crippen LogP contribution in [0.2, 0.25) is 0 Å². The minimum absolute atomic E-state index is 0.0104. The number of amides is 4. The predicted octanol–water partition coefficient (Wildman–Crippen LogP) is -1.83. The number of nitrogens with zero attached hydrogens (tertiary/aromatic N) is 2. The van der Waals surface area contributed by atoms with Gasteiger partial charge in [0.15, 0.2) is 5.76 Å². The van der Waals surface area contributed by atoms with E-state index in [0.29, 0.717) is 0 Å². The third kappa shape index (κ3) is 2.59. The Bertz CT molecular complexity index is 518. The number of aliphatic hydroxyl groups is 1. The average molecular weight is 280 g/mol. The van der Waals surface area contributed by atoms with Gasteiger partial charge >= 0.3 is 0 Å². The molecule has 8 nitrogen and oxygen atoms in total. The highest BCUT2D eigenvalue weighted by Crippen LogP contribution is 2.14. The molecule has 2 aliphatic heterocycles. The zero-order valence-corrected chi connectivity index (χ0v) is 10.4. The molecule has 2 rings (SSSR count). The summed E-state index contributed by atoms with van der Waals surface area (Å²) < 4.78 is 5.11. The van der Waals surface area contributed by atoms with Crippen LogP contribution < -0.4 is 0 Å². The highest BCUT2D eigenvalue weighted by Gasteiger charge is 2.32. The van der Waals surface area contributed by atoms with E-state index in [1.165, 1.54) is 0 Å². The average Bonchev–Trinajstić information content (AvgIpc) is 2.86. The van der Waals surface area contributed by atoms with Gasteiger partial charge in [-0.3, -0.25) is 29.0 Å². The van der Waals surface area contributed by atoms with E-state index in [1.54, 1.807) is 0 Å².